The third kappa shape index (κ3) is 3.01. The SMILES string of the molecule is C=CC1CCCN1c1nc(C(=O)OC)ccc1C(F)(F)F. The molecule has 7 heteroatoms. The molecule has 1 aliphatic heterocycles. The molecule has 0 spiro atoms. The molecule has 0 amide bonds. The average Bonchev–Trinajstić information content (AvgIpc) is 2.93. The molecule has 0 N–H and O–H groups in total. The zero-order chi connectivity index (χ0) is 15.6. The van der Waals surface area contributed by atoms with Crippen molar-refractivity contribution >= 4 is 11.8 Å². The van der Waals surface area contributed by atoms with E-state index >= 15 is 0 Å². The molecular weight excluding hydrogens is 285 g/mol. The Morgan fingerprint density at radius 2 is 2.24 bits per heavy atom. The molecule has 1 unspecified atom stereocenters. The minimum absolute atomic E-state index is 0.143. The third-order valence-electron chi connectivity index (χ3n) is 3.42. The quantitative estimate of drug-likeness (QED) is 0.635. The van der Waals surface area contributed by atoms with Gasteiger partial charge in [-0.2, -0.15) is 13.2 Å². The number of methoxy groups -OCH3 is 1. The van der Waals surface area contributed by atoms with Crippen molar-refractivity contribution < 1.29 is 22.7 Å². The molecule has 0 saturated carbocycles. The number of carbonyl (C=O) groups excluding carboxylic acids is 1. The van der Waals surface area contributed by atoms with E-state index in [4.69, 9.17) is 0 Å². The van der Waals surface area contributed by atoms with E-state index in [0.717, 1.165) is 25.7 Å². The van der Waals surface area contributed by atoms with Gasteiger partial charge in [0.1, 0.15) is 5.82 Å². The Labute approximate surface area is 120 Å². The van der Waals surface area contributed by atoms with Gasteiger partial charge in [-0.1, -0.05) is 6.08 Å². The molecule has 0 aliphatic carbocycles. The van der Waals surface area contributed by atoms with Crippen LogP contribution in [-0.2, 0) is 10.9 Å². The molecule has 1 aromatic rings. The highest BCUT2D eigenvalue weighted by Gasteiger charge is 2.38. The first kappa shape index (κ1) is 15.3. The molecule has 21 heavy (non-hydrogen) atoms. The molecular formula is C14H15F3N2O2. The Balaban J connectivity index is 2.53. The van der Waals surface area contributed by atoms with Gasteiger partial charge in [-0.3, -0.25) is 0 Å². The molecule has 1 aliphatic rings. The second-order valence-corrected chi connectivity index (χ2v) is 4.70. The van der Waals surface area contributed by atoms with E-state index in [2.05, 4.69) is 16.3 Å². The van der Waals surface area contributed by atoms with Gasteiger partial charge in [-0.05, 0) is 25.0 Å². The lowest BCUT2D eigenvalue weighted by atomic mass is 10.1. The zero-order valence-electron chi connectivity index (χ0n) is 11.5. The van der Waals surface area contributed by atoms with Crippen LogP contribution in [0.15, 0.2) is 24.8 Å². The van der Waals surface area contributed by atoms with E-state index < -0.39 is 17.7 Å². The molecule has 1 atom stereocenters. The van der Waals surface area contributed by atoms with Crippen LogP contribution >= 0.6 is 0 Å². The highest BCUT2D eigenvalue weighted by molar-refractivity contribution is 5.87. The lowest BCUT2D eigenvalue weighted by molar-refractivity contribution is -0.137. The number of carbonyl (C=O) groups is 1. The minimum atomic E-state index is -4.54. The Bertz CT molecular complexity index is 558. The first-order valence-electron chi connectivity index (χ1n) is 6.44. The summed E-state index contributed by atoms with van der Waals surface area (Å²) in [6, 6.07) is 1.68. The maximum absolute atomic E-state index is 13.1. The molecule has 1 fully saturated rings. The normalized spacial score (nSPS) is 18.7. The van der Waals surface area contributed by atoms with Gasteiger partial charge >= 0.3 is 12.1 Å². The average molecular weight is 300 g/mol. The van der Waals surface area contributed by atoms with Crippen LogP contribution in [0.25, 0.3) is 0 Å². The molecule has 1 saturated heterocycles. The monoisotopic (exact) mass is 300 g/mol. The van der Waals surface area contributed by atoms with Gasteiger partial charge in [0, 0.05) is 12.6 Å². The fourth-order valence-corrected chi connectivity index (χ4v) is 2.41. The van der Waals surface area contributed by atoms with Crippen LogP contribution in [0.5, 0.6) is 0 Å². The number of hydrogen-bond donors (Lipinski definition) is 0. The van der Waals surface area contributed by atoms with Crippen molar-refractivity contribution in [3.63, 3.8) is 0 Å². The van der Waals surface area contributed by atoms with Gasteiger partial charge in [0.2, 0.25) is 0 Å². The Kier molecular flexibility index (Phi) is 4.20. The topological polar surface area (TPSA) is 42.4 Å². The summed E-state index contributed by atoms with van der Waals surface area (Å²) in [5, 5.41) is 0. The standard InChI is InChI=1S/C14H15F3N2O2/c1-3-9-5-4-8-19(9)12-10(14(15,16)17)6-7-11(18-12)13(20)21-2/h3,6-7,9H,1,4-5,8H2,2H3. The molecule has 1 aromatic heterocycles. The van der Waals surface area contributed by atoms with E-state index in [1.165, 1.54) is 4.90 Å². The van der Waals surface area contributed by atoms with Crippen molar-refractivity contribution in [3.8, 4) is 0 Å². The van der Waals surface area contributed by atoms with Gasteiger partial charge in [0.15, 0.2) is 5.69 Å². The molecule has 0 bridgehead atoms. The van der Waals surface area contributed by atoms with Crippen LogP contribution in [0, 0.1) is 0 Å². The summed E-state index contributed by atoms with van der Waals surface area (Å²) < 4.78 is 43.9. The fourth-order valence-electron chi connectivity index (χ4n) is 2.41. The highest BCUT2D eigenvalue weighted by Crippen LogP contribution is 2.38. The van der Waals surface area contributed by atoms with E-state index in [1.54, 1.807) is 6.08 Å². The van der Waals surface area contributed by atoms with Crippen LogP contribution in [0.1, 0.15) is 28.9 Å². The van der Waals surface area contributed by atoms with Crippen molar-refractivity contribution in [3.05, 3.63) is 36.0 Å². The number of anilines is 1. The van der Waals surface area contributed by atoms with Crippen LogP contribution in [0.3, 0.4) is 0 Å². The van der Waals surface area contributed by atoms with Crippen LogP contribution in [-0.4, -0.2) is 30.6 Å². The summed E-state index contributed by atoms with van der Waals surface area (Å²) in [6.07, 6.45) is -1.48. The maximum atomic E-state index is 13.1. The van der Waals surface area contributed by atoms with Gasteiger partial charge in [0.25, 0.3) is 0 Å². The largest absolute Gasteiger partial charge is 0.464 e. The van der Waals surface area contributed by atoms with Gasteiger partial charge in [-0.25, -0.2) is 9.78 Å². The molecule has 2 heterocycles. The second kappa shape index (κ2) is 5.75. The Morgan fingerprint density at radius 3 is 2.81 bits per heavy atom. The first-order chi connectivity index (χ1) is 9.88. The van der Waals surface area contributed by atoms with Crippen LogP contribution in [0.2, 0.25) is 0 Å². The molecule has 114 valence electrons. The molecule has 0 aromatic carbocycles. The number of esters is 1. The predicted molar refractivity (Wildman–Crippen MR) is 71.1 cm³/mol. The summed E-state index contributed by atoms with van der Waals surface area (Å²) in [5.41, 5.74) is -1.00. The lowest BCUT2D eigenvalue weighted by Crippen LogP contribution is -2.31. The second-order valence-electron chi connectivity index (χ2n) is 4.70. The van der Waals surface area contributed by atoms with Gasteiger partial charge in [0.05, 0.1) is 12.7 Å². The summed E-state index contributed by atoms with van der Waals surface area (Å²) in [4.78, 5) is 16.9. The summed E-state index contributed by atoms with van der Waals surface area (Å²) >= 11 is 0. The van der Waals surface area contributed by atoms with E-state index in [-0.39, 0.29) is 17.6 Å². The number of alkyl halides is 3. The van der Waals surface area contributed by atoms with Gasteiger partial charge < -0.3 is 9.64 Å². The molecule has 4 nitrogen and oxygen atoms in total. The molecule has 2 rings (SSSR count). The Morgan fingerprint density at radius 1 is 1.52 bits per heavy atom. The smallest absolute Gasteiger partial charge is 0.419 e. The van der Waals surface area contributed by atoms with Crippen molar-refractivity contribution in [2.45, 2.75) is 25.1 Å². The van der Waals surface area contributed by atoms with Crippen molar-refractivity contribution in [2.24, 2.45) is 0 Å². The predicted octanol–water partition coefficient (Wildman–Crippen LogP) is 3.04. The fraction of sp³-hybridized carbons (Fsp3) is 0.429. The van der Waals surface area contributed by atoms with E-state index in [1.807, 2.05) is 0 Å². The van der Waals surface area contributed by atoms with E-state index in [9.17, 15) is 18.0 Å². The number of rotatable bonds is 3. The number of halogens is 3. The van der Waals surface area contributed by atoms with Crippen molar-refractivity contribution in [2.75, 3.05) is 18.6 Å². The summed E-state index contributed by atoms with van der Waals surface area (Å²) in [5.74, 6) is -1.01. The van der Waals surface area contributed by atoms with Crippen LogP contribution in [0.4, 0.5) is 19.0 Å². The number of ether oxygens (including phenoxy) is 1. The zero-order valence-corrected chi connectivity index (χ0v) is 11.5. The number of hydrogen-bond acceptors (Lipinski definition) is 4. The molecule has 0 radical (unpaired) electrons. The first-order valence-corrected chi connectivity index (χ1v) is 6.44. The highest BCUT2D eigenvalue weighted by atomic mass is 19.4. The third-order valence-corrected chi connectivity index (χ3v) is 3.42. The van der Waals surface area contributed by atoms with Crippen LogP contribution < -0.4 is 4.90 Å². The number of aromatic nitrogens is 1. The summed E-state index contributed by atoms with van der Waals surface area (Å²) in [7, 11) is 1.16. The number of pyridine rings is 1. The Hall–Kier alpha value is -2.05. The van der Waals surface area contributed by atoms with Gasteiger partial charge in [-0.15, -0.1) is 6.58 Å². The maximum Gasteiger partial charge on any atom is 0.419 e. The van der Waals surface area contributed by atoms with Crippen molar-refractivity contribution in [1.29, 1.82) is 0 Å². The van der Waals surface area contributed by atoms with E-state index in [0.29, 0.717) is 13.0 Å². The number of nitrogens with zero attached hydrogens (tertiary/aromatic N) is 2. The van der Waals surface area contributed by atoms with Crippen molar-refractivity contribution in [1.82, 2.24) is 4.98 Å². The minimum Gasteiger partial charge on any atom is -0.464 e. The summed E-state index contributed by atoms with van der Waals surface area (Å²) in [6.45, 7) is 4.08. The lowest BCUT2D eigenvalue weighted by Gasteiger charge is -2.26.